The van der Waals surface area contributed by atoms with Crippen molar-refractivity contribution in [3.05, 3.63) is 52.2 Å². The van der Waals surface area contributed by atoms with Gasteiger partial charge in [0.2, 0.25) is 0 Å². The largest absolute Gasteiger partial charge is 0.376 e. The minimum Gasteiger partial charge on any atom is -0.376 e. The first-order valence-corrected chi connectivity index (χ1v) is 8.85. The quantitative estimate of drug-likeness (QED) is 0.889. The summed E-state index contributed by atoms with van der Waals surface area (Å²) in [5.74, 6) is 0. The first-order chi connectivity index (χ1) is 11.2. The van der Waals surface area contributed by atoms with Gasteiger partial charge in [-0.1, -0.05) is 18.2 Å². The molecule has 1 saturated heterocycles. The molecule has 2 amide bonds. The first kappa shape index (κ1) is 16.0. The Balaban J connectivity index is 1.68. The average Bonchev–Trinajstić information content (AvgIpc) is 3.20. The van der Waals surface area contributed by atoms with Crippen molar-refractivity contribution in [3.63, 3.8) is 0 Å². The fourth-order valence-electron chi connectivity index (χ4n) is 2.77. The zero-order valence-electron chi connectivity index (χ0n) is 13.3. The van der Waals surface area contributed by atoms with Gasteiger partial charge in [-0.3, -0.25) is 0 Å². The van der Waals surface area contributed by atoms with Crippen LogP contribution in [-0.4, -0.2) is 30.2 Å². The molecule has 1 aromatic heterocycles. The minimum absolute atomic E-state index is 0.0699. The van der Waals surface area contributed by atoms with Crippen LogP contribution in [0.2, 0.25) is 0 Å². The van der Waals surface area contributed by atoms with Gasteiger partial charge in [-0.15, -0.1) is 11.3 Å². The predicted molar refractivity (Wildman–Crippen MR) is 93.9 cm³/mol. The molecule has 0 radical (unpaired) electrons. The lowest BCUT2D eigenvalue weighted by molar-refractivity contribution is 0.0821. The highest BCUT2D eigenvalue weighted by Crippen LogP contribution is 2.18. The summed E-state index contributed by atoms with van der Waals surface area (Å²) in [6.45, 7) is 4.08. The number of carbonyl (C=O) groups is 1. The second-order valence-corrected chi connectivity index (χ2v) is 6.93. The molecule has 23 heavy (non-hydrogen) atoms. The maximum absolute atomic E-state index is 12.7. The van der Waals surface area contributed by atoms with E-state index < -0.39 is 0 Å². The number of hydrogen-bond donors (Lipinski definition) is 1. The highest BCUT2D eigenvalue weighted by molar-refractivity contribution is 7.09. The summed E-state index contributed by atoms with van der Waals surface area (Å²) >= 11 is 1.67. The molecule has 1 aliphatic heterocycles. The number of rotatable bonds is 5. The summed E-state index contributed by atoms with van der Waals surface area (Å²) in [5.41, 5.74) is 1.96. The lowest BCUT2D eigenvalue weighted by atomic mass is 10.2. The number of thiophene rings is 1. The van der Waals surface area contributed by atoms with E-state index in [1.807, 2.05) is 47.5 Å². The summed E-state index contributed by atoms with van der Waals surface area (Å²) in [4.78, 5) is 15.7. The lowest BCUT2D eigenvalue weighted by Crippen LogP contribution is -2.39. The Morgan fingerprint density at radius 3 is 3.00 bits per heavy atom. The van der Waals surface area contributed by atoms with Gasteiger partial charge in [-0.25, -0.2) is 4.79 Å². The molecule has 0 aliphatic carbocycles. The van der Waals surface area contributed by atoms with Gasteiger partial charge in [0.1, 0.15) is 0 Å². The number of nitrogens with zero attached hydrogens (tertiary/aromatic N) is 1. The Morgan fingerprint density at radius 1 is 1.39 bits per heavy atom. The molecule has 1 unspecified atom stereocenters. The maximum Gasteiger partial charge on any atom is 0.322 e. The lowest BCUT2D eigenvalue weighted by Gasteiger charge is -2.25. The van der Waals surface area contributed by atoms with Crippen molar-refractivity contribution in [1.82, 2.24) is 4.90 Å². The minimum atomic E-state index is -0.0699. The normalized spacial score (nSPS) is 17.2. The van der Waals surface area contributed by atoms with Crippen LogP contribution in [-0.2, 0) is 11.3 Å². The number of amides is 2. The van der Waals surface area contributed by atoms with E-state index in [9.17, 15) is 4.79 Å². The van der Waals surface area contributed by atoms with Crippen LogP contribution >= 0.6 is 11.3 Å². The number of nitrogens with one attached hydrogen (secondary N) is 1. The van der Waals surface area contributed by atoms with E-state index >= 15 is 0 Å². The summed E-state index contributed by atoms with van der Waals surface area (Å²) in [6, 6.07) is 11.9. The summed E-state index contributed by atoms with van der Waals surface area (Å²) in [6.07, 6.45) is 2.26. The third-order valence-electron chi connectivity index (χ3n) is 3.93. The molecular formula is C18H22N2O2S. The molecule has 1 aliphatic rings. The van der Waals surface area contributed by atoms with Crippen LogP contribution in [0, 0.1) is 6.92 Å². The van der Waals surface area contributed by atoms with Crippen molar-refractivity contribution in [3.8, 4) is 0 Å². The fourth-order valence-corrected chi connectivity index (χ4v) is 3.49. The first-order valence-electron chi connectivity index (χ1n) is 7.97. The molecule has 1 atom stereocenters. The van der Waals surface area contributed by atoms with Gasteiger partial charge < -0.3 is 15.0 Å². The number of aryl methyl sites for hydroxylation is 1. The van der Waals surface area contributed by atoms with Crippen LogP contribution in [0.1, 0.15) is 23.3 Å². The van der Waals surface area contributed by atoms with Crippen LogP contribution in [0.25, 0.3) is 0 Å². The van der Waals surface area contributed by atoms with Crippen LogP contribution in [0.4, 0.5) is 10.5 Å². The third kappa shape index (κ3) is 4.56. The third-order valence-corrected chi connectivity index (χ3v) is 4.79. The molecule has 1 fully saturated rings. The van der Waals surface area contributed by atoms with Crippen LogP contribution in [0.5, 0.6) is 0 Å². The molecular weight excluding hydrogens is 308 g/mol. The standard InChI is InChI=1S/C18H22N2O2S/c1-14-5-2-6-15(11-14)19-18(21)20(12-16-7-3-9-22-16)13-17-8-4-10-23-17/h2,4-6,8,10-11,16H,3,7,9,12-13H2,1H3,(H,19,21). The van der Waals surface area contributed by atoms with E-state index in [2.05, 4.69) is 11.4 Å². The molecule has 0 spiro atoms. The zero-order chi connectivity index (χ0) is 16.1. The second-order valence-electron chi connectivity index (χ2n) is 5.89. The van der Waals surface area contributed by atoms with E-state index in [1.54, 1.807) is 11.3 Å². The van der Waals surface area contributed by atoms with Gasteiger partial charge in [-0.05, 0) is 48.9 Å². The van der Waals surface area contributed by atoms with E-state index in [0.29, 0.717) is 13.1 Å². The molecule has 5 heteroatoms. The monoisotopic (exact) mass is 330 g/mol. The Kier molecular flexibility index (Phi) is 5.31. The van der Waals surface area contributed by atoms with Gasteiger partial charge in [0.15, 0.2) is 0 Å². The Bertz CT molecular complexity index is 636. The van der Waals surface area contributed by atoms with Gasteiger partial charge in [0.25, 0.3) is 0 Å². The molecule has 0 bridgehead atoms. The van der Waals surface area contributed by atoms with E-state index in [-0.39, 0.29) is 12.1 Å². The van der Waals surface area contributed by atoms with Crippen molar-refractivity contribution in [1.29, 1.82) is 0 Å². The highest BCUT2D eigenvalue weighted by atomic mass is 32.1. The van der Waals surface area contributed by atoms with Gasteiger partial charge in [0.05, 0.1) is 12.6 Å². The number of benzene rings is 1. The smallest absolute Gasteiger partial charge is 0.322 e. The molecule has 122 valence electrons. The van der Waals surface area contributed by atoms with Crippen LogP contribution < -0.4 is 5.32 Å². The molecule has 0 saturated carbocycles. The Hall–Kier alpha value is -1.85. The van der Waals surface area contributed by atoms with E-state index in [1.165, 1.54) is 4.88 Å². The summed E-state index contributed by atoms with van der Waals surface area (Å²) in [7, 11) is 0. The summed E-state index contributed by atoms with van der Waals surface area (Å²) < 4.78 is 5.70. The van der Waals surface area contributed by atoms with Crippen molar-refractivity contribution >= 4 is 23.1 Å². The van der Waals surface area contributed by atoms with Crippen LogP contribution in [0.15, 0.2) is 41.8 Å². The zero-order valence-corrected chi connectivity index (χ0v) is 14.1. The van der Waals surface area contributed by atoms with Crippen molar-refractivity contribution in [2.75, 3.05) is 18.5 Å². The van der Waals surface area contributed by atoms with E-state index in [0.717, 1.165) is 30.7 Å². The fraction of sp³-hybridized carbons (Fsp3) is 0.389. The van der Waals surface area contributed by atoms with Gasteiger partial charge in [0, 0.05) is 23.7 Å². The average molecular weight is 330 g/mol. The van der Waals surface area contributed by atoms with E-state index in [4.69, 9.17) is 4.74 Å². The Labute approximate surface area is 141 Å². The van der Waals surface area contributed by atoms with Crippen LogP contribution in [0.3, 0.4) is 0 Å². The molecule has 3 rings (SSSR count). The maximum atomic E-state index is 12.7. The molecule has 1 N–H and O–H groups in total. The second kappa shape index (κ2) is 7.62. The number of urea groups is 1. The van der Waals surface area contributed by atoms with Crippen molar-refractivity contribution < 1.29 is 9.53 Å². The number of ether oxygens (including phenoxy) is 1. The number of hydrogen-bond acceptors (Lipinski definition) is 3. The van der Waals surface area contributed by atoms with Gasteiger partial charge in [-0.2, -0.15) is 0 Å². The summed E-state index contributed by atoms with van der Waals surface area (Å²) in [5, 5.41) is 5.05. The SMILES string of the molecule is Cc1cccc(NC(=O)N(Cc2cccs2)CC2CCCO2)c1. The van der Waals surface area contributed by atoms with Gasteiger partial charge >= 0.3 is 6.03 Å². The van der Waals surface area contributed by atoms with Crippen molar-refractivity contribution in [2.24, 2.45) is 0 Å². The number of carbonyl (C=O) groups excluding carboxylic acids is 1. The molecule has 4 nitrogen and oxygen atoms in total. The predicted octanol–water partition coefficient (Wildman–Crippen LogP) is 4.27. The molecule has 2 aromatic rings. The van der Waals surface area contributed by atoms with Crippen molar-refractivity contribution in [2.45, 2.75) is 32.4 Å². The Morgan fingerprint density at radius 2 is 2.30 bits per heavy atom. The topological polar surface area (TPSA) is 41.6 Å². The number of anilines is 1. The highest BCUT2D eigenvalue weighted by Gasteiger charge is 2.23. The molecule has 1 aromatic carbocycles. The molecule has 2 heterocycles.